The van der Waals surface area contributed by atoms with Crippen LogP contribution in [-0.4, -0.2) is 54.1 Å². The molecule has 1 fully saturated rings. The van der Waals surface area contributed by atoms with Crippen LogP contribution in [0.2, 0.25) is 0 Å². The maximum atomic E-state index is 12.8. The third kappa shape index (κ3) is 3.48. The van der Waals surface area contributed by atoms with E-state index < -0.39 is 17.7 Å². The molecule has 0 unspecified atom stereocenters. The van der Waals surface area contributed by atoms with Gasteiger partial charge in [0.15, 0.2) is 0 Å². The van der Waals surface area contributed by atoms with Crippen molar-refractivity contribution >= 4 is 17.4 Å². The maximum Gasteiger partial charge on any atom is 0.295 e. The molecule has 0 radical (unpaired) electrons. The van der Waals surface area contributed by atoms with Crippen molar-refractivity contribution in [3.8, 4) is 5.75 Å². The number of rotatable bonds is 6. The van der Waals surface area contributed by atoms with E-state index in [-0.39, 0.29) is 24.5 Å². The molecular formula is C21H22N2O5. The minimum absolute atomic E-state index is 0.0561. The first kappa shape index (κ1) is 19.6. The summed E-state index contributed by atoms with van der Waals surface area (Å²) in [6, 6.07) is 7.88. The van der Waals surface area contributed by atoms with Crippen molar-refractivity contribution in [2.45, 2.75) is 13.0 Å². The number of Topliss-reactive ketones (excluding diaryl/α,β-unsaturated/α-hetero) is 1. The van der Waals surface area contributed by atoms with Crippen LogP contribution in [0.4, 0.5) is 0 Å². The molecule has 7 nitrogen and oxygen atoms in total. The third-order valence-corrected chi connectivity index (χ3v) is 4.79. The van der Waals surface area contributed by atoms with Crippen molar-refractivity contribution in [2.24, 2.45) is 0 Å². The first-order valence-corrected chi connectivity index (χ1v) is 8.81. The van der Waals surface area contributed by atoms with Gasteiger partial charge in [0.1, 0.15) is 11.5 Å². The Kier molecular flexibility index (Phi) is 5.75. The lowest BCUT2D eigenvalue weighted by molar-refractivity contribution is -0.140. The standard InChI is InChI=1S/C21H22N2O5/c1-13-12-15(28-3)4-5-16(13)19(24)17-18(14-6-8-22-9-7-14)23(10-11-27-2)21(26)20(17)25/h4-9,12,18,24H,10-11H2,1-3H3/t18-/m1/s1. The molecule has 146 valence electrons. The summed E-state index contributed by atoms with van der Waals surface area (Å²) in [5.41, 5.74) is 1.96. The number of ketones is 1. The zero-order chi connectivity index (χ0) is 20.3. The van der Waals surface area contributed by atoms with E-state index in [2.05, 4.69) is 4.98 Å². The highest BCUT2D eigenvalue weighted by atomic mass is 16.5. The molecule has 0 bridgehead atoms. The van der Waals surface area contributed by atoms with Gasteiger partial charge in [-0.1, -0.05) is 0 Å². The summed E-state index contributed by atoms with van der Waals surface area (Å²) >= 11 is 0. The van der Waals surface area contributed by atoms with E-state index >= 15 is 0 Å². The van der Waals surface area contributed by atoms with E-state index in [1.54, 1.807) is 56.8 Å². The first-order chi connectivity index (χ1) is 13.5. The molecule has 1 amide bonds. The molecule has 7 heteroatoms. The number of likely N-dealkylation sites (tertiary alicyclic amines) is 1. The van der Waals surface area contributed by atoms with E-state index in [9.17, 15) is 14.7 Å². The lowest BCUT2D eigenvalue weighted by Crippen LogP contribution is -2.32. The summed E-state index contributed by atoms with van der Waals surface area (Å²) in [5.74, 6) is -0.947. The van der Waals surface area contributed by atoms with Gasteiger partial charge in [0.2, 0.25) is 0 Å². The Morgan fingerprint density at radius 2 is 1.89 bits per heavy atom. The van der Waals surface area contributed by atoms with Gasteiger partial charge >= 0.3 is 0 Å². The van der Waals surface area contributed by atoms with Crippen LogP contribution in [0.1, 0.15) is 22.7 Å². The molecule has 0 aliphatic carbocycles. The van der Waals surface area contributed by atoms with E-state index in [1.807, 2.05) is 0 Å². The molecule has 28 heavy (non-hydrogen) atoms. The van der Waals surface area contributed by atoms with Crippen LogP contribution >= 0.6 is 0 Å². The number of aromatic nitrogens is 1. The Morgan fingerprint density at radius 3 is 2.50 bits per heavy atom. The van der Waals surface area contributed by atoms with Gasteiger partial charge in [0.25, 0.3) is 11.7 Å². The molecule has 2 heterocycles. The highest BCUT2D eigenvalue weighted by Crippen LogP contribution is 2.39. The highest BCUT2D eigenvalue weighted by Gasteiger charge is 2.45. The van der Waals surface area contributed by atoms with Crippen molar-refractivity contribution < 1.29 is 24.2 Å². The van der Waals surface area contributed by atoms with Crippen LogP contribution in [0.25, 0.3) is 5.76 Å². The Morgan fingerprint density at radius 1 is 1.18 bits per heavy atom. The van der Waals surface area contributed by atoms with Gasteiger partial charge in [-0.15, -0.1) is 0 Å². The predicted molar refractivity (Wildman–Crippen MR) is 103 cm³/mol. The van der Waals surface area contributed by atoms with Gasteiger partial charge in [0, 0.05) is 31.6 Å². The van der Waals surface area contributed by atoms with Crippen LogP contribution in [0.5, 0.6) is 5.75 Å². The SMILES string of the molecule is COCCN1C(=O)C(=O)C(=C(O)c2ccc(OC)cc2C)[C@H]1c1ccncc1. The Hall–Kier alpha value is -3.19. The number of hydrogen-bond donors (Lipinski definition) is 1. The van der Waals surface area contributed by atoms with Gasteiger partial charge in [0.05, 0.1) is 25.3 Å². The van der Waals surface area contributed by atoms with Crippen molar-refractivity contribution in [3.05, 3.63) is 65.0 Å². The van der Waals surface area contributed by atoms with E-state index in [4.69, 9.17) is 9.47 Å². The monoisotopic (exact) mass is 382 g/mol. The van der Waals surface area contributed by atoms with Crippen LogP contribution in [0, 0.1) is 6.92 Å². The Balaban J connectivity index is 2.16. The van der Waals surface area contributed by atoms with E-state index in [0.717, 1.165) is 5.56 Å². The molecule has 1 N–H and O–H groups in total. The summed E-state index contributed by atoms with van der Waals surface area (Å²) in [6.45, 7) is 2.31. The lowest BCUT2D eigenvalue weighted by Gasteiger charge is -2.25. The lowest BCUT2D eigenvalue weighted by atomic mass is 9.94. The third-order valence-electron chi connectivity index (χ3n) is 4.79. The summed E-state index contributed by atoms with van der Waals surface area (Å²) in [7, 11) is 3.08. The molecule has 3 rings (SSSR count). The van der Waals surface area contributed by atoms with E-state index in [0.29, 0.717) is 16.9 Å². The summed E-state index contributed by atoms with van der Waals surface area (Å²) in [4.78, 5) is 30.9. The molecule has 1 aromatic carbocycles. The number of amides is 1. The molecule has 2 aromatic rings. The smallest absolute Gasteiger partial charge is 0.295 e. The van der Waals surface area contributed by atoms with Gasteiger partial charge in [-0.2, -0.15) is 0 Å². The predicted octanol–water partition coefficient (Wildman–Crippen LogP) is 2.47. The summed E-state index contributed by atoms with van der Waals surface area (Å²) in [6.07, 6.45) is 3.18. The van der Waals surface area contributed by atoms with Crippen molar-refractivity contribution in [3.63, 3.8) is 0 Å². The van der Waals surface area contributed by atoms with Crippen LogP contribution in [0.15, 0.2) is 48.3 Å². The van der Waals surface area contributed by atoms with Crippen molar-refractivity contribution in [1.82, 2.24) is 9.88 Å². The summed E-state index contributed by atoms with van der Waals surface area (Å²) < 4.78 is 10.3. The van der Waals surface area contributed by atoms with Crippen LogP contribution in [0.3, 0.4) is 0 Å². The largest absolute Gasteiger partial charge is 0.507 e. The Labute approximate surface area is 163 Å². The molecule has 1 aromatic heterocycles. The minimum atomic E-state index is -0.717. The number of aliphatic hydroxyl groups is 1. The number of pyridine rings is 1. The molecule has 1 aliphatic heterocycles. The fraction of sp³-hybridized carbons (Fsp3) is 0.286. The Bertz CT molecular complexity index is 924. The average molecular weight is 382 g/mol. The minimum Gasteiger partial charge on any atom is -0.507 e. The molecule has 1 saturated heterocycles. The number of hydrogen-bond acceptors (Lipinski definition) is 6. The number of ether oxygens (including phenoxy) is 2. The quantitative estimate of drug-likeness (QED) is 0.469. The second-order valence-electron chi connectivity index (χ2n) is 6.45. The zero-order valence-corrected chi connectivity index (χ0v) is 16.0. The fourth-order valence-corrected chi connectivity index (χ4v) is 3.37. The number of aliphatic hydroxyl groups excluding tert-OH is 1. The highest BCUT2D eigenvalue weighted by molar-refractivity contribution is 6.46. The molecule has 0 spiro atoms. The average Bonchev–Trinajstić information content (AvgIpc) is 2.97. The maximum absolute atomic E-state index is 12.8. The number of methoxy groups -OCH3 is 2. The van der Waals surface area contributed by atoms with Gasteiger partial charge < -0.3 is 19.5 Å². The number of carbonyl (C=O) groups is 2. The first-order valence-electron chi connectivity index (χ1n) is 8.81. The van der Waals surface area contributed by atoms with Gasteiger partial charge in [-0.25, -0.2) is 0 Å². The van der Waals surface area contributed by atoms with Crippen LogP contribution in [-0.2, 0) is 14.3 Å². The van der Waals surface area contributed by atoms with Gasteiger partial charge in [-0.05, 0) is 48.4 Å². The topological polar surface area (TPSA) is 89.0 Å². The molecule has 0 saturated carbocycles. The van der Waals surface area contributed by atoms with Crippen LogP contribution < -0.4 is 4.74 Å². The van der Waals surface area contributed by atoms with Crippen molar-refractivity contribution in [1.29, 1.82) is 0 Å². The molecular weight excluding hydrogens is 360 g/mol. The summed E-state index contributed by atoms with van der Waals surface area (Å²) in [5, 5.41) is 11.0. The van der Waals surface area contributed by atoms with Gasteiger partial charge in [-0.3, -0.25) is 14.6 Å². The second kappa shape index (κ2) is 8.22. The number of aryl methyl sites for hydroxylation is 1. The van der Waals surface area contributed by atoms with Crippen molar-refractivity contribution in [2.75, 3.05) is 27.4 Å². The number of benzene rings is 1. The molecule has 1 aliphatic rings. The zero-order valence-electron chi connectivity index (χ0n) is 16.0. The number of carbonyl (C=O) groups excluding carboxylic acids is 2. The normalized spacial score (nSPS) is 18.5. The van der Waals surface area contributed by atoms with E-state index in [1.165, 1.54) is 12.0 Å². The number of nitrogens with zero attached hydrogens (tertiary/aromatic N) is 2. The molecule has 1 atom stereocenters. The fourth-order valence-electron chi connectivity index (χ4n) is 3.37. The second-order valence-corrected chi connectivity index (χ2v) is 6.45.